The van der Waals surface area contributed by atoms with Crippen molar-refractivity contribution < 1.29 is 9.18 Å². The van der Waals surface area contributed by atoms with E-state index in [4.69, 9.17) is 11.6 Å². The molecule has 1 fully saturated rings. The monoisotopic (exact) mass is 414 g/mol. The van der Waals surface area contributed by atoms with Crippen LogP contribution in [0.3, 0.4) is 0 Å². The summed E-state index contributed by atoms with van der Waals surface area (Å²) in [5, 5.41) is 8.98. The van der Waals surface area contributed by atoms with Crippen LogP contribution in [0, 0.1) is 11.7 Å². The zero-order valence-electron chi connectivity index (χ0n) is 16.3. The number of hydrazone groups is 1. The van der Waals surface area contributed by atoms with Gasteiger partial charge in [-0.2, -0.15) is 5.10 Å². The summed E-state index contributed by atoms with van der Waals surface area (Å²) in [6.45, 7) is 3.67. The molecule has 1 amide bonds. The van der Waals surface area contributed by atoms with E-state index in [1.807, 2.05) is 30.1 Å². The summed E-state index contributed by atoms with van der Waals surface area (Å²) < 4.78 is 13.5. The van der Waals surface area contributed by atoms with Crippen LogP contribution in [0.25, 0.3) is 0 Å². The standard InChI is InChI=1S/C22H24ClFN4O/c1-15-20(22(29)26-27-13-5-2-6-14-27)25-28(19-8-4-3-7-18(19)23)21(15)16-9-11-17(24)12-10-16/h3-4,7-12,15,21H,2,5-6,13-14H2,1H3,(H,26,29)/t15-,21-/m0/s1. The molecule has 0 bridgehead atoms. The van der Waals surface area contributed by atoms with Crippen LogP contribution in [0.2, 0.25) is 5.02 Å². The van der Waals surface area contributed by atoms with Gasteiger partial charge in [0.05, 0.1) is 16.8 Å². The Morgan fingerprint density at radius 3 is 2.48 bits per heavy atom. The third-order valence-electron chi connectivity index (χ3n) is 5.54. The molecule has 29 heavy (non-hydrogen) atoms. The molecular formula is C22H24ClFN4O. The van der Waals surface area contributed by atoms with E-state index in [1.54, 1.807) is 23.2 Å². The van der Waals surface area contributed by atoms with Gasteiger partial charge >= 0.3 is 0 Å². The molecule has 0 aliphatic carbocycles. The fourth-order valence-electron chi connectivity index (χ4n) is 4.02. The summed E-state index contributed by atoms with van der Waals surface area (Å²) in [4.78, 5) is 13.0. The second-order valence-electron chi connectivity index (χ2n) is 7.55. The first-order valence-corrected chi connectivity index (χ1v) is 10.4. The zero-order chi connectivity index (χ0) is 20.4. The number of hydrazine groups is 1. The highest BCUT2D eigenvalue weighted by Crippen LogP contribution is 2.41. The molecule has 152 valence electrons. The quantitative estimate of drug-likeness (QED) is 0.798. The number of piperidine rings is 1. The number of para-hydroxylation sites is 1. The molecule has 2 aromatic rings. The molecule has 2 aliphatic heterocycles. The molecular weight excluding hydrogens is 391 g/mol. The van der Waals surface area contributed by atoms with Crippen LogP contribution < -0.4 is 10.4 Å². The number of halogens is 2. The van der Waals surface area contributed by atoms with E-state index in [0.717, 1.165) is 37.2 Å². The molecule has 2 aliphatic rings. The topological polar surface area (TPSA) is 47.9 Å². The fraction of sp³-hybridized carbons (Fsp3) is 0.364. The Hall–Kier alpha value is -2.44. The number of benzene rings is 2. The van der Waals surface area contributed by atoms with E-state index >= 15 is 0 Å². The number of hydrogen-bond acceptors (Lipinski definition) is 4. The lowest BCUT2D eigenvalue weighted by Crippen LogP contribution is -2.48. The van der Waals surface area contributed by atoms with Crippen LogP contribution in [0.5, 0.6) is 0 Å². The molecule has 2 aromatic carbocycles. The molecule has 2 atom stereocenters. The van der Waals surface area contributed by atoms with Crippen LogP contribution in [-0.4, -0.2) is 29.7 Å². The molecule has 0 aromatic heterocycles. The number of anilines is 1. The molecule has 5 nitrogen and oxygen atoms in total. The highest BCUT2D eigenvalue weighted by atomic mass is 35.5. The Morgan fingerprint density at radius 1 is 1.10 bits per heavy atom. The lowest BCUT2D eigenvalue weighted by atomic mass is 9.91. The lowest BCUT2D eigenvalue weighted by molar-refractivity contribution is -0.120. The molecule has 0 unspecified atom stereocenters. The van der Waals surface area contributed by atoms with E-state index < -0.39 is 0 Å². The number of amides is 1. The fourth-order valence-corrected chi connectivity index (χ4v) is 4.24. The van der Waals surface area contributed by atoms with Crippen molar-refractivity contribution in [2.75, 3.05) is 18.1 Å². The Balaban J connectivity index is 1.66. The summed E-state index contributed by atoms with van der Waals surface area (Å²) in [6, 6.07) is 13.5. The summed E-state index contributed by atoms with van der Waals surface area (Å²) >= 11 is 6.43. The van der Waals surface area contributed by atoms with Gasteiger partial charge in [-0.15, -0.1) is 0 Å². The zero-order valence-corrected chi connectivity index (χ0v) is 17.1. The normalized spacial score (nSPS) is 22.4. The van der Waals surface area contributed by atoms with E-state index in [-0.39, 0.29) is 23.7 Å². The number of hydrogen-bond donors (Lipinski definition) is 1. The summed E-state index contributed by atoms with van der Waals surface area (Å²) in [5.74, 6) is -0.685. The molecule has 0 radical (unpaired) electrons. The minimum absolute atomic E-state index is 0.193. The van der Waals surface area contributed by atoms with Crippen LogP contribution >= 0.6 is 11.6 Å². The van der Waals surface area contributed by atoms with Gasteiger partial charge < -0.3 is 0 Å². The summed E-state index contributed by atoms with van der Waals surface area (Å²) in [6.07, 6.45) is 3.34. The smallest absolute Gasteiger partial charge is 0.282 e. The van der Waals surface area contributed by atoms with Gasteiger partial charge in [0.15, 0.2) is 0 Å². The number of carbonyl (C=O) groups excluding carboxylic acids is 1. The van der Waals surface area contributed by atoms with Crippen molar-refractivity contribution in [3.63, 3.8) is 0 Å². The van der Waals surface area contributed by atoms with Crippen molar-refractivity contribution in [2.45, 2.75) is 32.2 Å². The predicted octanol–water partition coefficient (Wildman–Crippen LogP) is 4.55. The van der Waals surface area contributed by atoms with Crippen molar-refractivity contribution in [3.8, 4) is 0 Å². The van der Waals surface area contributed by atoms with Crippen molar-refractivity contribution in [2.24, 2.45) is 11.0 Å². The first-order valence-electron chi connectivity index (χ1n) is 9.98. The first-order chi connectivity index (χ1) is 14.0. The molecule has 0 spiro atoms. The number of nitrogens with one attached hydrogen (secondary N) is 1. The van der Waals surface area contributed by atoms with Gasteiger partial charge in [-0.1, -0.05) is 49.2 Å². The average molecular weight is 415 g/mol. The number of rotatable bonds is 4. The first kappa shape index (κ1) is 19.9. The van der Waals surface area contributed by atoms with Gasteiger partial charge in [0.25, 0.3) is 5.91 Å². The summed E-state index contributed by atoms with van der Waals surface area (Å²) in [5.41, 5.74) is 5.05. The van der Waals surface area contributed by atoms with Crippen LogP contribution in [0.15, 0.2) is 53.6 Å². The Bertz CT molecular complexity index is 911. The van der Waals surface area contributed by atoms with Gasteiger partial charge in [0.1, 0.15) is 11.5 Å². The van der Waals surface area contributed by atoms with E-state index in [2.05, 4.69) is 10.5 Å². The SMILES string of the molecule is C[C@H]1C(C(=O)NN2CCCCC2)=NN(c2ccccc2Cl)[C@@H]1c1ccc(F)cc1. The van der Waals surface area contributed by atoms with Crippen molar-refractivity contribution in [3.05, 3.63) is 64.9 Å². The van der Waals surface area contributed by atoms with Crippen LogP contribution in [0.4, 0.5) is 10.1 Å². The van der Waals surface area contributed by atoms with E-state index in [1.165, 1.54) is 18.6 Å². The average Bonchev–Trinajstić information content (AvgIpc) is 3.07. The van der Waals surface area contributed by atoms with Gasteiger partial charge in [0, 0.05) is 19.0 Å². The summed E-state index contributed by atoms with van der Waals surface area (Å²) in [7, 11) is 0. The maximum Gasteiger partial charge on any atom is 0.282 e. The predicted molar refractivity (Wildman–Crippen MR) is 113 cm³/mol. The van der Waals surface area contributed by atoms with Gasteiger partial charge in [-0.25, -0.2) is 9.40 Å². The Labute approximate surface area is 175 Å². The maximum atomic E-state index is 13.5. The molecule has 1 N–H and O–H groups in total. The maximum absolute atomic E-state index is 13.5. The van der Waals surface area contributed by atoms with Gasteiger partial charge in [-0.05, 0) is 42.7 Å². The van der Waals surface area contributed by atoms with Crippen molar-refractivity contribution in [1.82, 2.24) is 10.4 Å². The highest BCUT2D eigenvalue weighted by molar-refractivity contribution is 6.40. The molecule has 7 heteroatoms. The number of carbonyl (C=O) groups is 1. The number of nitrogens with zero attached hydrogens (tertiary/aromatic N) is 3. The van der Waals surface area contributed by atoms with Crippen molar-refractivity contribution in [1.29, 1.82) is 0 Å². The van der Waals surface area contributed by atoms with Gasteiger partial charge in [-0.3, -0.25) is 15.2 Å². The highest BCUT2D eigenvalue weighted by Gasteiger charge is 2.40. The second-order valence-corrected chi connectivity index (χ2v) is 7.96. The lowest BCUT2D eigenvalue weighted by Gasteiger charge is -2.28. The molecule has 0 saturated carbocycles. The Kier molecular flexibility index (Phi) is 5.83. The van der Waals surface area contributed by atoms with Crippen LogP contribution in [0.1, 0.15) is 37.8 Å². The Morgan fingerprint density at radius 2 is 1.79 bits per heavy atom. The van der Waals surface area contributed by atoms with Gasteiger partial charge in [0.2, 0.25) is 0 Å². The largest absolute Gasteiger partial charge is 0.284 e. The van der Waals surface area contributed by atoms with E-state index in [9.17, 15) is 9.18 Å². The second kappa shape index (κ2) is 8.51. The molecule has 2 heterocycles. The third kappa shape index (κ3) is 4.14. The third-order valence-corrected chi connectivity index (χ3v) is 5.86. The van der Waals surface area contributed by atoms with E-state index in [0.29, 0.717) is 10.7 Å². The molecule has 1 saturated heterocycles. The minimum Gasteiger partial charge on any atom is -0.284 e. The van der Waals surface area contributed by atoms with Crippen LogP contribution in [-0.2, 0) is 4.79 Å². The minimum atomic E-state index is -0.298. The van der Waals surface area contributed by atoms with Crippen molar-refractivity contribution >= 4 is 28.9 Å². The molecule has 4 rings (SSSR count).